The molecule has 0 unspecified atom stereocenters. The van der Waals surface area contributed by atoms with Crippen molar-refractivity contribution in [2.24, 2.45) is 0 Å². The number of urea groups is 1. The minimum atomic E-state index is -0.773. The van der Waals surface area contributed by atoms with Crippen molar-refractivity contribution in [2.75, 3.05) is 20.8 Å². The normalized spacial score (nSPS) is 14.2. The topological polar surface area (TPSA) is 168 Å². The van der Waals surface area contributed by atoms with E-state index < -0.39 is 35.4 Å². The molecule has 0 atom stereocenters. The zero-order chi connectivity index (χ0) is 24.1. The number of non-ortho nitro benzene ring substituents is 1. The number of ether oxygens (including phenoxy) is 3. The van der Waals surface area contributed by atoms with E-state index in [1.807, 2.05) is 0 Å². The van der Waals surface area contributed by atoms with Gasteiger partial charge in [-0.1, -0.05) is 0 Å². The van der Waals surface area contributed by atoms with Gasteiger partial charge < -0.3 is 23.9 Å². The highest BCUT2D eigenvalue weighted by atomic mass is 16.6. The Morgan fingerprint density at radius 1 is 1.18 bits per heavy atom. The van der Waals surface area contributed by atoms with Gasteiger partial charge in [0.25, 0.3) is 11.6 Å². The maximum Gasteiger partial charge on any atom is 0.373 e. The van der Waals surface area contributed by atoms with Crippen molar-refractivity contribution in [3.63, 3.8) is 0 Å². The minimum Gasteiger partial charge on any atom is -0.481 e. The Labute approximate surface area is 185 Å². The summed E-state index contributed by atoms with van der Waals surface area (Å²) in [6, 6.07) is 5.51. The van der Waals surface area contributed by atoms with Crippen LogP contribution in [0.2, 0.25) is 0 Å². The second-order valence-corrected chi connectivity index (χ2v) is 6.48. The monoisotopic (exact) mass is 459 g/mol. The van der Waals surface area contributed by atoms with Crippen LogP contribution in [0, 0.1) is 10.1 Å². The average Bonchev–Trinajstić information content (AvgIpc) is 3.37. The maximum atomic E-state index is 12.8. The van der Waals surface area contributed by atoms with Gasteiger partial charge in [0.15, 0.2) is 6.61 Å². The third-order valence-electron chi connectivity index (χ3n) is 4.40. The van der Waals surface area contributed by atoms with Gasteiger partial charge in [-0.25, -0.2) is 14.4 Å². The predicted octanol–water partition coefficient (Wildman–Crippen LogP) is 1.62. The van der Waals surface area contributed by atoms with E-state index >= 15 is 0 Å². The van der Waals surface area contributed by atoms with Crippen molar-refractivity contribution in [3.8, 4) is 5.75 Å². The highest BCUT2D eigenvalue weighted by Crippen LogP contribution is 2.28. The van der Waals surface area contributed by atoms with Crippen LogP contribution >= 0.6 is 0 Å². The fourth-order valence-electron chi connectivity index (χ4n) is 2.79. The molecule has 2 aromatic rings. The van der Waals surface area contributed by atoms with Gasteiger partial charge in [0.05, 0.1) is 25.7 Å². The first-order valence-electron chi connectivity index (χ1n) is 9.23. The molecular weight excluding hydrogens is 442 g/mol. The van der Waals surface area contributed by atoms with Crippen LogP contribution in [0.3, 0.4) is 0 Å². The Kier molecular flexibility index (Phi) is 6.71. The molecule has 3 amide bonds. The fraction of sp³-hybridized carbons (Fsp3) is 0.200. The van der Waals surface area contributed by atoms with E-state index in [2.05, 4.69) is 14.8 Å². The number of methoxy groups -OCH3 is 2. The SMILES string of the molecule is COC(=O)COc1ccc([N+](=O)[O-])cc1/C=C1\NC(=O)N(Cc2ccc(C(=O)OC)o2)C1=O. The van der Waals surface area contributed by atoms with E-state index in [0.717, 1.165) is 17.0 Å². The third kappa shape index (κ3) is 5.15. The first-order valence-corrected chi connectivity index (χ1v) is 9.23. The molecule has 13 nitrogen and oxygen atoms in total. The van der Waals surface area contributed by atoms with Crippen molar-refractivity contribution in [1.29, 1.82) is 0 Å². The standard InChI is InChI=1S/C20H17N3O10/c1-30-17(24)10-32-15-5-3-12(23(28)29)7-11(15)8-14-18(25)22(20(27)21-14)9-13-4-6-16(33-13)19(26)31-2/h3-8H,9-10H2,1-2H3,(H,21,27)/b14-8-. The zero-order valence-electron chi connectivity index (χ0n) is 17.4. The molecule has 1 aliphatic heterocycles. The minimum absolute atomic E-state index is 0.0488. The van der Waals surface area contributed by atoms with E-state index in [9.17, 15) is 29.3 Å². The van der Waals surface area contributed by atoms with Gasteiger partial charge in [-0.05, 0) is 24.3 Å². The van der Waals surface area contributed by atoms with Gasteiger partial charge in [0.2, 0.25) is 5.76 Å². The van der Waals surface area contributed by atoms with Gasteiger partial charge >= 0.3 is 18.0 Å². The molecule has 1 N–H and O–H groups in total. The molecule has 0 bridgehead atoms. The zero-order valence-corrected chi connectivity index (χ0v) is 17.4. The molecule has 0 aliphatic carbocycles. The predicted molar refractivity (Wildman–Crippen MR) is 108 cm³/mol. The summed E-state index contributed by atoms with van der Waals surface area (Å²) in [4.78, 5) is 59.2. The Balaban J connectivity index is 1.86. The lowest BCUT2D eigenvalue weighted by atomic mass is 10.1. The summed E-state index contributed by atoms with van der Waals surface area (Å²) in [6.07, 6.45) is 1.18. The van der Waals surface area contributed by atoms with Crippen LogP contribution < -0.4 is 10.1 Å². The van der Waals surface area contributed by atoms with Gasteiger partial charge in [-0.15, -0.1) is 0 Å². The quantitative estimate of drug-likeness (QED) is 0.201. The number of nitrogens with one attached hydrogen (secondary N) is 1. The Morgan fingerprint density at radius 2 is 1.94 bits per heavy atom. The first-order chi connectivity index (χ1) is 15.7. The van der Waals surface area contributed by atoms with Crippen LogP contribution in [0.5, 0.6) is 5.75 Å². The molecule has 13 heteroatoms. The van der Waals surface area contributed by atoms with Crippen molar-refractivity contribution < 1.29 is 42.7 Å². The number of nitrogens with zero attached hydrogens (tertiary/aromatic N) is 2. The van der Waals surface area contributed by atoms with Gasteiger partial charge in [0.1, 0.15) is 17.2 Å². The molecule has 33 heavy (non-hydrogen) atoms. The maximum absolute atomic E-state index is 12.8. The number of nitro groups is 1. The molecule has 3 rings (SSSR count). The van der Waals surface area contributed by atoms with Crippen molar-refractivity contribution in [3.05, 3.63) is 63.2 Å². The summed E-state index contributed by atoms with van der Waals surface area (Å²) < 4.78 is 19.6. The lowest BCUT2D eigenvalue weighted by molar-refractivity contribution is -0.384. The smallest absolute Gasteiger partial charge is 0.373 e. The molecule has 1 saturated heterocycles. The lowest BCUT2D eigenvalue weighted by Gasteiger charge is -2.10. The number of imide groups is 1. The molecule has 1 aromatic carbocycles. The van der Waals surface area contributed by atoms with Gasteiger partial charge in [-0.3, -0.25) is 19.8 Å². The summed E-state index contributed by atoms with van der Waals surface area (Å²) in [5.74, 6) is -2.05. The number of carbonyl (C=O) groups is 4. The summed E-state index contributed by atoms with van der Waals surface area (Å²) >= 11 is 0. The Morgan fingerprint density at radius 3 is 2.61 bits per heavy atom. The lowest BCUT2D eigenvalue weighted by Crippen LogP contribution is -2.30. The number of benzene rings is 1. The van der Waals surface area contributed by atoms with Gasteiger partial charge in [-0.2, -0.15) is 0 Å². The van der Waals surface area contributed by atoms with E-state index in [4.69, 9.17) is 9.15 Å². The Bertz CT molecular complexity index is 1170. The number of amides is 3. The van der Waals surface area contributed by atoms with Crippen LogP contribution in [0.1, 0.15) is 21.9 Å². The summed E-state index contributed by atoms with van der Waals surface area (Å²) in [5, 5.41) is 13.5. The van der Waals surface area contributed by atoms with Crippen molar-refractivity contribution >= 4 is 35.6 Å². The van der Waals surface area contributed by atoms with E-state index in [-0.39, 0.29) is 40.8 Å². The van der Waals surface area contributed by atoms with Crippen molar-refractivity contribution in [2.45, 2.75) is 6.54 Å². The molecular formula is C20H17N3O10. The third-order valence-corrected chi connectivity index (χ3v) is 4.40. The first kappa shape index (κ1) is 23.0. The number of nitro benzene ring substituents is 1. The molecule has 0 radical (unpaired) electrons. The second-order valence-electron chi connectivity index (χ2n) is 6.48. The van der Waals surface area contributed by atoms with Crippen LogP contribution in [-0.2, 0) is 25.6 Å². The summed E-state index contributed by atoms with van der Waals surface area (Å²) in [5.41, 5.74) is -0.417. The summed E-state index contributed by atoms with van der Waals surface area (Å²) in [7, 11) is 2.34. The average molecular weight is 459 g/mol. The Hall–Kier alpha value is -4.68. The number of rotatable bonds is 8. The number of hydrogen-bond donors (Lipinski definition) is 1. The molecule has 0 spiro atoms. The van der Waals surface area contributed by atoms with E-state index in [1.54, 1.807) is 0 Å². The van der Waals surface area contributed by atoms with Crippen LogP contribution in [0.4, 0.5) is 10.5 Å². The molecule has 0 saturated carbocycles. The number of carbonyl (C=O) groups excluding carboxylic acids is 4. The summed E-state index contributed by atoms with van der Waals surface area (Å²) in [6.45, 7) is -0.752. The van der Waals surface area contributed by atoms with Crippen LogP contribution in [0.15, 0.2) is 40.4 Å². The molecule has 1 aromatic heterocycles. The highest BCUT2D eigenvalue weighted by Gasteiger charge is 2.34. The largest absolute Gasteiger partial charge is 0.481 e. The molecule has 1 fully saturated rings. The number of hydrogen-bond acceptors (Lipinski definition) is 10. The van der Waals surface area contributed by atoms with E-state index in [1.165, 1.54) is 38.5 Å². The van der Waals surface area contributed by atoms with Crippen LogP contribution in [0.25, 0.3) is 6.08 Å². The fourth-order valence-corrected chi connectivity index (χ4v) is 2.79. The van der Waals surface area contributed by atoms with Gasteiger partial charge in [0, 0.05) is 17.7 Å². The van der Waals surface area contributed by atoms with Crippen LogP contribution in [-0.4, -0.2) is 54.5 Å². The molecule has 172 valence electrons. The van der Waals surface area contributed by atoms with E-state index in [0.29, 0.717) is 0 Å². The molecule has 2 heterocycles. The number of furan rings is 1. The van der Waals surface area contributed by atoms with Crippen molar-refractivity contribution in [1.82, 2.24) is 10.2 Å². The second kappa shape index (κ2) is 9.64. The number of esters is 2. The highest BCUT2D eigenvalue weighted by molar-refractivity contribution is 6.14. The molecule has 1 aliphatic rings.